The van der Waals surface area contributed by atoms with Gasteiger partial charge in [-0.25, -0.2) is 0 Å². The van der Waals surface area contributed by atoms with E-state index < -0.39 is 0 Å². The summed E-state index contributed by atoms with van der Waals surface area (Å²) in [6, 6.07) is 7.39. The molecule has 0 aromatic heterocycles. The summed E-state index contributed by atoms with van der Waals surface area (Å²) >= 11 is 0. The summed E-state index contributed by atoms with van der Waals surface area (Å²) in [5.74, 6) is 0. The monoisotopic (exact) mass is 219 g/mol. The number of hydrogen-bond donors (Lipinski definition) is 2. The highest BCUT2D eigenvalue weighted by molar-refractivity contribution is 5.63. The lowest BCUT2D eigenvalue weighted by molar-refractivity contribution is 0.302. The molecule has 0 unspecified atom stereocenters. The maximum Gasteiger partial charge on any atom is 0.101 e. The normalized spacial score (nSPS) is 9.81. The minimum Gasteiger partial charge on any atom is -0.398 e. The number of nitrogens with zero attached hydrogens (tertiary/aromatic N) is 2. The molecule has 0 heterocycles. The Morgan fingerprint density at radius 2 is 2.19 bits per heavy atom. The fourth-order valence-corrected chi connectivity index (χ4v) is 1.61. The molecule has 0 saturated carbocycles. The summed E-state index contributed by atoms with van der Waals surface area (Å²) in [5.41, 5.74) is 7.68. The summed E-state index contributed by atoms with van der Waals surface area (Å²) < 4.78 is 0. The van der Waals surface area contributed by atoms with Crippen LogP contribution in [0.5, 0.6) is 0 Å². The van der Waals surface area contributed by atoms with Gasteiger partial charge in [0, 0.05) is 18.8 Å². The van der Waals surface area contributed by atoms with Crippen molar-refractivity contribution in [3.8, 4) is 6.07 Å². The molecule has 0 bridgehead atoms. The highest BCUT2D eigenvalue weighted by Crippen LogP contribution is 2.21. The Hall–Kier alpha value is -1.73. The summed E-state index contributed by atoms with van der Waals surface area (Å²) in [6.07, 6.45) is 1.000. The first-order valence-electron chi connectivity index (χ1n) is 5.38. The lowest BCUT2D eigenvalue weighted by Crippen LogP contribution is -2.27. The Labute approximate surface area is 95.9 Å². The molecule has 0 atom stereocenters. The molecule has 0 aliphatic heterocycles. The zero-order valence-electron chi connectivity index (χ0n) is 9.48. The average molecular weight is 219 g/mol. The average Bonchev–Trinajstić information content (AvgIpc) is 2.28. The van der Waals surface area contributed by atoms with Crippen LogP contribution in [0.25, 0.3) is 0 Å². The van der Waals surface area contributed by atoms with Gasteiger partial charge >= 0.3 is 0 Å². The molecule has 3 N–H and O–H groups in total. The molecule has 0 aliphatic carbocycles. The maximum absolute atomic E-state index is 8.97. The van der Waals surface area contributed by atoms with E-state index in [9.17, 15) is 0 Å². The van der Waals surface area contributed by atoms with E-state index in [0.717, 1.165) is 18.7 Å². The third-order valence-corrected chi connectivity index (χ3v) is 2.38. The Balaban J connectivity index is 2.93. The van der Waals surface area contributed by atoms with Gasteiger partial charge in [-0.2, -0.15) is 5.26 Å². The summed E-state index contributed by atoms with van der Waals surface area (Å²) in [7, 11) is 0. The molecule has 0 amide bonds. The van der Waals surface area contributed by atoms with Crippen LogP contribution in [0.15, 0.2) is 18.2 Å². The van der Waals surface area contributed by atoms with Gasteiger partial charge in [0.25, 0.3) is 0 Å². The number of aliphatic hydroxyl groups is 1. The van der Waals surface area contributed by atoms with E-state index in [1.54, 1.807) is 12.1 Å². The molecule has 1 aromatic rings. The van der Waals surface area contributed by atoms with Gasteiger partial charge in [0.15, 0.2) is 0 Å². The quantitative estimate of drug-likeness (QED) is 0.733. The number of nitrogens with two attached hydrogens (primary N) is 1. The van der Waals surface area contributed by atoms with Crippen molar-refractivity contribution in [3.63, 3.8) is 0 Å². The first-order valence-corrected chi connectivity index (χ1v) is 5.38. The highest BCUT2D eigenvalue weighted by atomic mass is 16.3. The molecule has 0 fully saturated rings. The third-order valence-electron chi connectivity index (χ3n) is 2.38. The van der Waals surface area contributed by atoms with Crippen LogP contribution in [0.3, 0.4) is 0 Å². The van der Waals surface area contributed by atoms with Crippen molar-refractivity contribution < 1.29 is 5.11 Å². The number of rotatable bonds is 5. The van der Waals surface area contributed by atoms with Gasteiger partial charge in [0.2, 0.25) is 0 Å². The SMILES string of the molecule is CCCN(CCO)c1ccc(C#N)c(N)c1. The van der Waals surface area contributed by atoms with E-state index >= 15 is 0 Å². The molecular weight excluding hydrogens is 202 g/mol. The van der Waals surface area contributed by atoms with Crippen LogP contribution in [0.1, 0.15) is 18.9 Å². The van der Waals surface area contributed by atoms with Crippen LogP contribution in [0.2, 0.25) is 0 Å². The summed E-state index contributed by atoms with van der Waals surface area (Å²) in [5, 5.41) is 17.7. The van der Waals surface area contributed by atoms with Gasteiger partial charge < -0.3 is 15.7 Å². The minimum atomic E-state index is 0.111. The predicted molar refractivity (Wildman–Crippen MR) is 65.2 cm³/mol. The van der Waals surface area contributed by atoms with Crippen molar-refractivity contribution in [3.05, 3.63) is 23.8 Å². The maximum atomic E-state index is 8.97. The van der Waals surface area contributed by atoms with Crippen molar-refractivity contribution in [2.75, 3.05) is 30.3 Å². The number of anilines is 2. The third kappa shape index (κ3) is 2.88. The second-order valence-electron chi connectivity index (χ2n) is 3.59. The van der Waals surface area contributed by atoms with Crippen molar-refractivity contribution in [2.24, 2.45) is 0 Å². The molecule has 1 aromatic carbocycles. The van der Waals surface area contributed by atoms with Crippen molar-refractivity contribution in [1.82, 2.24) is 0 Å². The number of nitriles is 1. The molecule has 0 saturated heterocycles. The Bertz CT molecular complexity index is 378. The molecule has 0 aliphatic rings. The van der Waals surface area contributed by atoms with Crippen molar-refractivity contribution >= 4 is 11.4 Å². The van der Waals surface area contributed by atoms with Crippen LogP contribution in [-0.4, -0.2) is 24.8 Å². The first-order chi connectivity index (χ1) is 7.72. The van der Waals surface area contributed by atoms with Gasteiger partial charge in [-0.3, -0.25) is 0 Å². The van der Waals surface area contributed by atoms with Crippen LogP contribution < -0.4 is 10.6 Å². The van der Waals surface area contributed by atoms with E-state index in [1.807, 2.05) is 12.1 Å². The topological polar surface area (TPSA) is 73.3 Å². The number of hydrogen-bond acceptors (Lipinski definition) is 4. The molecular formula is C12H17N3O. The summed E-state index contributed by atoms with van der Waals surface area (Å²) in [6.45, 7) is 3.64. The molecule has 16 heavy (non-hydrogen) atoms. The fraction of sp³-hybridized carbons (Fsp3) is 0.417. The first kappa shape index (κ1) is 12.3. The van der Waals surface area contributed by atoms with E-state index in [-0.39, 0.29) is 6.61 Å². The Morgan fingerprint density at radius 1 is 1.44 bits per heavy atom. The Morgan fingerprint density at radius 3 is 2.69 bits per heavy atom. The predicted octanol–water partition coefficient (Wildman–Crippen LogP) is 1.35. The van der Waals surface area contributed by atoms with Crippen molar-refractivity contribution in [1.29, 1.82) is 5.26 Å². The van der Waals surface area contributed by atoms with E-state index in [2.05, 4.69) is 11.8 Å². The largest absolute Gasteiger partial charge is 0.398 e. The molecule has 86 valence electrons. The Kier molecular flexibility index (Phi) is 4.62. The zero-order chi connectivity index (χ0) is 12.0. The van der Waals surface area contributed by atoms with Gasteiger partial charge in [0.05, 0.1) is 17.9 Å². The van der Waals surface area contributed by atoms with Crippen LogP contribution in [-0.2, 0) is 0 Å². The lowest BCUT2D eigenvalue weighted by Gasteiger charge is -2.23. The molecule has 4 heteroatoms. The standard InChI is InChI=1S/C12H17N3O/c1-2-5-15(6-7-16)11-4-3-10(9-13)12(14)8-11/h3-4,8,16H,2,5-7,14H2,1H3. The molecule has 4 nitrogen and oxygen atoms in total. The van der Waals surface area contributed by atoms with Gasteiger partial charge in [-0.15, -0.1) is 0 Å². The van der Waals surface area contributed by atoms with Crippen LogP contribution >= 0.6 is 0 Å². The van der Waals surface area contributed by atoms with Crippen molar-refractivity contribution in [2.45, 2.75) is 13.3 Å². The molecule has 1 rings (SSSR count). The number of benzene rings is 1. The second-order valence-corrected chi connectivity index (χ2v) is 3.59. The van der Waals surface area contributed by atoms with Crippen LogP contribution in [0, 0.1) is 11.3 Å². The van der Waals surface area contributed by atoms with E-state index in [4.69, 9.17) is 16.1 Å². The zero-order valence-corrected chi connectivity index (χ0v) is 9.48. The highest BCUT2D eigenvalue weighted by Gasteiger charge is 2.06. The van der Waals surface area contributed by atoms with E-state index in [1.165, 1.54) is 0 Å². The lowest BCUT2D eigenvalue weighted by atomic mass is 10.1. The minimum absolute atomic E-state index is 0.111. The number of aliphatic hydroxyl groups excluding tert-OH is 1. The number of nitrogen functional groups attached to an aromatic ring is 1. The second kappa shape index (κ2) is 5.99. The molecule has 0 radical (unpaired) electrons. The van der Waals surface area contributed by atoms with Gasteiger partial charge in [0.1, 0.15) is 6.07 Å². The fourth-order valence-electron chi connectivity index (χ4n) is 1.61. The van der Waals surface area contributed by atoms with Crippen LogP contribution in [0.4, 0.5) is 11.4 Å². The summed E-state index contributed by atoms with van der Waals surface area (Å²) in [4.78, 5) is 2.05. The van der Waals surface area contributed by atoms with E-state index in [0.29, 0.717) is 17.8 Å². The van der Waals surface area contributed by atoms with Gasteiger partial charge in [-0.1, -0.05) is 6.92 Å². The molecule has 0 spiro atoms. The van der Waals surface area contributed by atoms with Gasteiger partial charge in [-0.05, 0) is 24.6 Å². The smallest absolute Gasteiger partial charge is 0.101 e.